The molecule has 0 amide bonds. The van der Waals surface area contributed by atoms with Crippen LogP contribution in [0, 0.1) is 18.7 Å². The van der Waals surface area contributed by atoms with Crippen molar-refractivity contribution in [3.05, 3.63) is 45.7 Å². The lowest BCUT2D eigenvalue weighted by molar-refractivity contribution is 0.300. The van der Waals surface area contributed by atoms with E-state index in [4.69, 9.17) is 4.74 Å². The van der Waals surface area contributed by atoms with Crippen LogP contribution in [0.3, 0.4) is 0 Å². The van der Waals surface area contributed by atoms with Gasteiger partial charge in [-0.25, -0.2) is 9.37 Å². The predicted molar refractivity (Wildman–Crippen MR) is 84.1 cm³/mol. The van der Waals surface area contributed by atoms with Crippen LogP contribution >= 0.6 is 11.3 Å². The topological polar surface area (TPSA) is 34.1 Å². The molecule has 1 N–H and O–H groups in total. The van der Waals surface area contributed by atoms with Crippen LogP contribution in [0.25, 0.3) is 0 Å². The molecule has 0 radical (unpaired) electrons. The second-order valence-corrected chi connectivity index (χ2v) is 6.39. The van der Waals surface area contributed by atoms with E-state index in [2.05, 4.69) is 24.1 Å². The molecular weight excluding hydrogens is 287 g/mol. The van der Waals surface area contributed by atoms with Gasteiger partial charge in [-0.15, -0.1) is 11.3 Å². The molecule has 0 aliphatic heterocycles. The van der Waals surface area contributed by atoms with E-state index in [0.717, 1.165) is 22.8 Å². The van der Waals surface area contributed by atoms with E-state index in [9.17, 15) is 4.39 Å². The minimum absolute atomic E-state index is 0.242. The van der Waals surface area contributed by atoms with Gasteiger partial charge in [0.1, 0.15) is 23.2 Å². The van der Waals surface area contributed by atoms with Gasteiger partial charge in [0, 0.05) is 23.2 Å². The van der Waals surface area contributed by atoms with Crippen molar-refractivity contribution in [1.82, 2.24) is 10.3 Å². The summed E-state index contributed by atoms with van der Waals surface area (Å²) >= 11 is 1.57. The molecule has 2 aromatic rings. The SMILES string of the molecule is Cc1csc(COc2ccc(F)cc2CNCC(C)C)n1. The molecule has 3 nitrogen and oxygen atoms in total. The summed E-state index contributed by atoms with van der Waals surface area (Å²) in [4.78, 5) is 4.36. The third kappa shape index (κ3) is 5.10. The number of hydrogen-bond donors (Lipinski definition) is 1. The molecule has 1 aromatic carbocycles. The molecule has 1 heterocycles. The predicted octanol–water partition coefficient (Wildman–Crippen LogP) is 3.92. The summed E-state index contributed by atoms with van der Waals surface area (Å²) in [6.45, 7) is 8.14. The number of aromatic nitrogens is 1. The van der Waals surface area contributed by atoms with Gasteiger partial charge in [-0.05, 0) is 37.6 Å². The molecule has 1 aromatic heterocycles. The lowest BCUT2D eigenvalue weighted by atomic mass is 10.1. The fraction of sp³-hybridized carbons (Fsp3) is 0.438. The number of benzene rings is 1. The summed E-state index contributed by atoms with van der Waals surface area (Å²) in [5.74, 6) is 1.02. The largest absolute Gasteiger partial charge is 0.486 e. The molecule has 5 heteroatoms. The van der Waals surface area contributed by atoms with E-state index >= 15 is 0 Å². The van der Waals surface area contributed by atoms with Gasteiger partial charge in [-0.3, -0.25) is 0 Å². The number of ether oxygens (including phenoxy) is 1. The van der Waals surface area contributed by atoms with Gasteiger partial charge in [-0.1, -0.05) is 13.8 Å². The Morgan fingerprint density at radius 2 is 2.19 bits per heavy atom. The molecule has 114 valence electrons. The van der Waals surface area contributed by atoms with E-state index < -0.39 is 0 Å². The molecule has 0 saturated carbocycles. The zero-order valence-electron chi connectivity index (χ0n) is 12.6. The Morgan fingerprint density at radius 3 is 2.86 bits per heavy atom. The first-order valence-electron chi connectivity index (χ1n) is 7.07. The standard InChI is InChI=1S/C16H21FN2OS/c1-11(2)7-18-8-13-6-14(17)4-5-15(13)20-9-16-19-12(3)10-21-16/h4-6,10-11,18H,7-9H2,1-3H3. The summed E-state index contributed by atoms with van der Waals surface area (Å²) < 4.78 is 19.2. The highest BCUT2D eigenvalue weighted by molar-refractivity contribution is 7.09. The maximum absolute atomic E-state index is 13.4. The third-order valence-corrected chi connectivity index (χ3v) is 3.85. The Bertz CT molecular complexity index is 583. The number of rotatable bonds is 7. The summed E-state index contributed by atoms with van der Waals surface area (Å²) in [7, 11) is 0. The van der Waals surface area contributed by atoms with Crippen molar-refractivity contribution >= 4 is 11.3 Å². The van der Waals surface area contributed by atoms with Gasteiger partial charge < -0.3 is 10.1 Å². The van der Waals surface area contributed by atoms with Crippen molar-refractivity contribution in [2.24, 2.45) is 5.92 Å². The molecule has 0 aliphatic rings. The molecule has 21 heavy (non-hydrogen) atoms. The van der Waals surface area contributed by atoms with Crippen molar-refractivity contribution < 1.29 is 9.13 Å². The first-order chi connectivity index (χ1) is 10.0. The number of aryl methyl sites for hydroxylation is 1. The molecule has 0 spiro atoms. The Hall–Kier alpha value is -1.46. The monoisotopic (exact) mass is 308 g/mol. The molecular formula is C16H21FN2OS. The Morgan fingerprint density at radius 1 is 1.38 bits per heavy atom. The molecule has 0 atom stereocenters. The average Bonchev–Trinajstić information content (AvgIpc) is 2.83. The fourth-order valence-electron chi connectivity index (χ4n) is 1.93. The van der Waals surface area contributed by atoms with Gasteiger partial charge in [0.2, 0.25) is 0 Å². The highest BCUT2D eigenvalue weighted by Crippen LogP contribution is 2.21. The second-order valence-electron chi connectivity index (χ2n) is 5.45. The second kappa shape index (κ2) is 7.52. The van der Waals surface area contributed by atoms with Crippen molar-refractivity contribution in [1.29, 1.82) is 0 Å². The number of nitrogens with one attached hydrogen (secondary N) is 1. The lowest BCUT2D eigenvalue weighted by Gasteiger charge is -2.12. The van der Waals surface area contributed by atoms with Crippen LogP contribution in [0.2, 0.25) is 0 Å². The maximum Gasteiger partial charge on any atom is 0.140 e. The third-order valence-electron chi connectivity index (χ3n) is 2.91. The van der Waals surface area contributed by atoms with Crippen molar-refractivity contribution in [2.75, 3.05) is 6.54 Å². The van der Waals surface area contributed by atoms with Crippen molar-refractivity contribution in [2.45, 2.75) is 33.9 Å². The van der Waals surface area contributed by atoms with Crippen LogP contribution in [0.1, 0.15) is 30.1 Å². The zero-order valence-corrected chi connectivity index (χ0v) is 13.5. The lowest BCUT2D eigenvalue weighted by Crippen LogP contribution is -2.19. The molecule has 0 aliphatic carbocycles. The number of hydrogen-bond acceptors (Lipinski definition) is 4. The quantitative estimate of drug-likeness (QED) is 0.842. The summed E-state index contributed by atoms with van der Waals surface area (Å²) in [6, 6.07) is 4.63. The van der Waals surface area contributed by atoms with Gasteiger partial charge in [0.15, 0.2) is 0 Å². The van der Waals surface area contributed by atoms with Gasteiger partial charge in [0.05, 0.1) is 0 Å². The minimum Gasteiger partial charge on any atom is -0.486 e. The smallest absolute Gasteiger partial charge is 0.140 e. The van der Waals surface area contributed by atoms with Gasteiger partial charge >= 0.3 is 0 Å². The van der Waals surface area contributed by atoms with Crippen LogP contribution in [-0.2, 0) is 13.2 Å². The molecule has 0 unspecified atom stereocenters. The maximum atomic E-state index is 13.4. The first-order valence-corrected chi connectivity index (χ1v) is 7.95. The van der Waals surface area contributed by atoms with Crippen LogP contribution in [0.5, 0.6) is 5.75 Å². The molecule has 2 rings (SSSR count). The summed E-state index contributed by atoms with van der Waals surface area (Å²) in [6.07, 6.45) is 0. The van der Waals surface area contributed by atoms with Crippen LogP contribution in [0.15, 0.2) is 23.6 Å². The molecule has 0 fully saturated rings. The Labute approximate surface area is 129 Å². The van der Waals surface area contributed by atoms with Crippen molar-refractivity contribution in [3.8, 4) is 5.75 Å². The van der Waals surface area contributed by atoms with Gasteiger partial charge in [-0.2, -0.15) is 0 Å². The van der Waals surface area contributed by atoms with E-state index in [1.807, 2.05) is 12.3 Å². The minimum atomic E-state index is -0.242. The molecule has 0 bridgehead atoms. The highest BCUT2D eigenvalue weighted by Gasteiger charge is 2.07. The number of thiazole rings is 1. The van der Waals surface area contributed by atoms with E-state index in [0.29, 0.717) is 24.8 Å². The van der Waals surface area contributed by atoms with E-state index in [1.165, 1.54) is 12.1 Å². The molecule has 0 saturated heterocycles. The Balaban J connectivity index is 2.00. The highest BCUT2D eigenvalue weighted by atomic mass is 32.1. The summed E-state index contributed by atoms with van der Waals surface area (Å²) in [5, 5.41) is 6.23. The fourth-order valence-corrected chi connectivity index (χ4v) is 2.61. The average molecular weight is 308 g/mol. The Kier molecular flexibility index (Phi) is 5.70. The first kappa shape index (κ1) is 15.9. The van der Waals surface area contributed by atoms with E-state index in [1.54, 1.807) is 17.4 Å². The van der Waals surface area contributed by atoms with Crippen LogP contribution in [0.4, 0.5) is 4.39 Å². The van der Waals surface area contributed by atoms with Crippen LogP contribution < -0.4 is 10.1 Å². The summed E-state index contributed by atoms with van der Waals surface area (Å²) in [5.41, 5.74) is 1.83. The number of nitrogens with zero attached hydrogens (tertiary/aromatic N) is 1. The van der Waals surface area contributed by atoms with Crippen LogP contribution in [-0.4, -0.2) is 11.5 Å². The van der Waals surface area contributed by atoms with Gasteiger partial charge in [0.25, 0.3) is 0 Å². The van der Waals surface area contributed by atoms with E-state index in [-0.39, 0.29) is 5.82 Å². The van der Waals surface area contributed by atoms with Crippen molar-refractivity contribution in [3.63, 3.8) is 0 Å². The normalized spacial score (nSPS) is 11.1. The number of halogens is 1. The zero-order chi connectivity index (χ0) is 15.2.